The summed E-state index contributed by atoms with van der Waals surface area (Å²) in [5.41, 5.74) is 23.3. The monoisotopic (exact) mass is 851 g/mol. The summed E-state index contributed by atoms with van der Waals surface area (Å²) in [6.07, 6.45) is 0. The van der Waals surface area contributed by atoms with Gasteiger partial charge in [0.2, 0.25) is 0 Å². The highest BCUT2D eigenvalue weighted by Crippen LogP contribution is 2.64. The lowest BCUT2D eigenvalue weighted by atomic mass is 9.60. The number of rotatable bonds is 5. The van der Waals surface area contributed by atoms with Gasteiger partial charge in [0.25, 0.3) is 0 Å². The molecule has 0 N–H and O–H groups in total. The molecule has 1 heteroatoms. The molecule has 0 saturated heterocycles. The summed E-state index contributed by atoms with van der Waals surface area (Å²) in [7, 11) is 0. The minimum absolute atomic E-state index is 0.161. The fraction of sp³-hybridized carbons (Fsp3) is 0.0606. The molecule has 67 heavy (non-hydrogen) atoms. The molecule has 3 aliphatic rings. The van der Waals surface area contributed by atoms with Gasteiger partial charge in [0, 0.05) is 22.4 Å². The molecule has 1 spiro atoms. The summed E-state index contributed by atoms with van der Waals surface area (Å²) in [4.78, 5) is 2.54. The molecular weight excluding hydrogens is 807 g/mol. The molecule has 0 aromatic heterocycles. The van der Waals surface area contributed by atoms with E-state index in [0.29, 0.717) is 0 Å². The Morgan fingerprint density at radius 2 is 0.806 bits per heavy atom. The molecule has 11 aromatic carbocycles. The number of fused-ring (bicyclic) bond motifs is 13. The van der Waals surface area contributed by atoms with Gasteiger partial charge >= 0.3 is 0 Å². The van der Waals surface area contributed by atoms with E-state index in [1.54, 1.807) is 0 Å². The molecule has 0 amide bonds. The van der Waals surface area contributed by atoms with Crippen LogP contribution in [0.15, 0.2) is 237 Å². The van der Waals surface area contributed by atoms with E-state index in [9.17, 15) is 0 Å². The largest absolute Gasteiger partial charge is 0.310 e. The lowest BCUT2D eigenvalue weighted by molar-refractivity contribution is 0.660. The fourth-order valence-corrected chi connectivity index (χ4v) is 12.6. The predicted octanol–water partition coefficient (Wildman–Crippen LogP) is 17.4. The van der Waals surface area contributed by atoms with Crippen LogP contribution >= 0.6 is 0 Å². The highest BCUT2D eigenvalue weighted by Gasteiger charge is 2.51. The Labute approximate surface area is 391 Å². The standard InChI is InChI=1S/C66H45N/c1-65(2)57-30-12-8-25-50(57)53-38-35-45(40-60(53)65)67(62-33-15-11-24-48(62)43-18-4-3-5-19-43)46-36-39-54-51-26-9-13-31-58(51)66(61(54)41-46)59-32-14-10-27-52(59)55-29-17-22-44-34-37-56(64(66)63(44)55)49-28-16-21-42-20-6-7-23-47(42)49/h3-41H,1-2H3. The Kier molecular flexibility index (Phi) is 8.02. The minimum atomic E-state index is -0.648. The van der Waals surface area contributed by atoms with Crippen LogP contribution in [0.25, 0.3) is 77.2 Å². The Morgan fingerprint density at radius 1 is 0.313 bits per heavy atom. The van der Waals surface area contributed by atoms with Crippen molar-refractivity contribution in [1.82, 2.24) is 0 Å². The normalized spacial score (nSPS) is 15.5. The summed E-state index contributed by atoms with van der Waals surface area (Å²) in [5, 5.41) is 5.09. The van der Waals surface area contributed by atoms with Crippen molar-refractivity contribution < 1.29 is 0 Å². The second-order valence-corrected chi connectivity index (χ2v) is 19.1. The van der Waals surface area contributed by atoms with Crippen molar-refractivity contribution in [2.24, 2.45) is 0 Å². The third-order valence-electron chi connectivity index (χ3n) is 15.5. The van der Waals surface area contributed by atoms with E-state index in [1.165, 1.54) is 111 Å². The number of hydrogen-bond acceptors (Lipinski definition) is 1. The van der Waals surface area contributed by atoms with Crippen LogP contribution in [0.2, 0.25) is 0 Å². The molecule has 1 nitrogen and oxygen atoms in total. The lowest BCUT2D eigenvalue weighted by Crippen LogP contribution is -2.32. The van der Waals surface area contributed by atoms with Crippen LogP contribution in [0.4, 0.5) is 17.1 Å². The van der Waals surface area contributed by atoms with Crippen molar-refractivity contribution in [3.63, 3.8) is 0 Å². The van der Waals surface area contributed by atoms with Crippen LogP contribution < -0.4 is 4.90 Å². The van der Waals surface area contributed by atoms with Gasteiger partial charge in [-0.15, -0.1) is 0 Å². The smallest absolute Gasteiger partial charge is 0.0732 e. The average Bonchev–Trinajstić information content (AvgIpc) is 3.80. The van der Waals surface area contributed by atoms with Gasteiger partial charge in [-0.1, -0.05) is 220 Å². The van der Waals surface area contributed by atoms with Gasteiger partial charge < -0.3 is 4.90 Å². The van der Waals surface area contributed by atoms with Gasteiger partial charge in [0.05, 0.1) is 11.1 Å². The highest BCUT2D eigenvalue weighted by atomic mass is 15.1. The maximum atomic E-state index is 2.56. The van der Waals surface area contributed by atoms with E-state index in [2.05, 4.69) is 255 Å². The van der Waals surface area contributed by atoms with Crippen molar-refractivity contribution in [2.45, 2.75) is 24.7 Å². The molecule has 0 saturated carbocycles. The number of anilines is 3. The first-order valence-corrected chi connectivity index (χ1v) is 23.6. The molecular formula is C66H45N. The van der Waals surface area contributed by atoms with Gasteiger partial charge in [-0.3, -0.25) is 0 Å². The van der Waals surface area contributed by atoms with Crippen LogP contribution in [-0.2, 0) is 10.8 Å². The van der Waals surface area contributed by atoms with Crippen molar-refractivity contribution in [2.75, 3.05) is 4.90 Å². The number of benzene rings is 11. The van der Waals surface area contributed by atoms with Gasteiger partial charge in [0.15, 0.2) is 0 Å². The molecule has 11 aromatic rings. The van der Waals surface area contributed by atoms with E-state index in [1.807, 2.05) is 0 Å². The number of para-hydroxylation sites is 1. The molecule has 0 bridgehead atoms. The molecule has 3 aliphatic carbocycles. The van der Waals surface area contributed by atoms with Crippen molar-refractivity contribution in [3.8, 4) is 55.6 Å². The molecule has 0 fully saturated rings. The quantitative estimate of drug-likeness (QED) is 0.167. The Bertz CT molecular complexity index is 3850. The zero-order valence-electron chi connectivity index (χ0n) is 37.5. The zero-order valence-corrected chi connectivity index (χ0v) is 37.5. The first kappa shape index (κ1) is 38.1. The maximum absolute atomic E-state index is 2.56. The third kappa shape index (κ3) is 5.20. The van der Waals surface area contributed by atoms with Gasteiger partial charge in [-0.2, -0.15) is 0 Å². The topological polar surface area (TPSA) is 3.24 Å². The molecule has 0 aliphatic heterocycles. The first-order valence-electron chi connectivity index (χ1n) is 23.6. The fourth-order valence-electron chi connectivity index (χ4n) is 12.6. The molecule has 1 atom stereocenters. The molecule has 0 heterocycles. The first-order chi connectivity index (χ1) is 33.0. The Balaban J connectivity index is 1.10. The summed E-state index contributed by atoms with van der Waals surface area (Å²) in [6.45, 7) is 4.76. The van der Waals surface area contributed by atoms with E-state index in [4.69, 9.17) is 0 Å². The van der Waals surface area contributed by atoms with Crippen LogP contribution in [-0.4, -0.2) is 0 Å². The summed E-state index contributed by atoms with van der Waals surface area (Å²) >= 11 is 0. The van der Waals surface area contributed by atoms with Gasteiger partial charge in [-0.05, 0) is 135 Å². The number of hydrogen-bond donors (Lipinski definition) is 0. The van der Waals surface area contributed by atoms with Crippen LogP contribution in [0.3, 0.4) is 0 Å². The minimum Gasteiger partial charge on any atom is -0.310 e. The highest BCUT2D eigenvalue weighted by molar-refractivity contribution is 6.12. The summed E-state index contributed by atoms with van der Waals surface area (Å²) < 4.78 is 0. The van der Waals surface area contributed by atoms with Gasteiger partial charge in [0.1, 0.15) is 0 Å². The van der Waals surface area contributed by atoms with E-state index in [-0.39, 0.29) is 5.41 Å². The molecule has 0 radical (unpaired) electrons. The van der Waals surface area contributed by atoms with Crippen molar-refractivity contribution in [1.29, 1.82) is 0 Å². The zero-order chi connectivity index (χ0) is 44.4. The average molecular weight is 852 g/mol. The maximum Gasteiger partial charge on any atom is 0.0732 e. The lowest BCUT2D eigenvalue weighted by Gasteiger charge is -2.42. The SMILES string of the molecule is CC1(C)c2ccccc2-c2ccc(N(c3ccc4c(c3)C3(c5ccccc5-4)c4ccccc4-c4cccc5ccc(-c6cccc7ccccc67)c3c45)c3ccccc3-c3ccccc3)cc21. The van der Waals surface area contributed by atoms with Crippen LogP contribution in [0, 0.1) is 0 Å². The van der Waals surface area contributed by atoms with Crippen LogP contribution in [0.5, 0.6) is 0 Å². The number of nitrogens with zero attached hydrogens (tertiary/aromatic N) is 1. The summed E-state index contributed by atoms with van der Waals surface area (Å²) in [6, 6.07) is 89.1. The summed E-state index contributed by atoms with van der Waals surface area (Å²) in [5.74, 6) is 0. The third-order valence-corrected chi connectivity index (χ3v) is 15.5. The van der Waals surface area contributed by atoms with E-state index >= 15 is 0 Å². The molecule has 314 valence electrons. The Morgan fingerprint density at radius 3 is 1.55 bits per heavy atom. The van der Waals surface area contributed by atoms with E-state index in [0.717, 1.165) is 17.1 Å². The Hall–Kier alpha value is -8.26. The van der Waals surface area contributed by atoms with Crippen molar-refractivity contribution in [3.05, 3.63) is 270 Å². The second-order valence-electron chi connectivity index (χ2n) is 19.1. The van der Waals surface area contributed by atoms with Crippen LogP contribution in [0.1, 0.15) is 47.2 Å². The predicted molar refractivity (Wildman–Crippen MR) is 281 cm³/mol. The molecule has 1 unspecified atom stereocenters. The van der Waals surface area contributed by atoms with Crippen molar-refractivity contribution >= 4 is 38.6 Å². The molecule has 14 rings (SSSR count). The second kappa shape index (κ2) is 14.1. The van der Waals surface area contributed by atoms with Gasteiger partial charge in [-0.25, -0.2) is 0 Å². The van der Waals surface area contributed by atoms with E-state index < -0.39 is 5.41 Å².